The van der Waals surface area contributed by atoms with Crippen molar-refractivity contribution in [3.63, 3.8) is 0 Å². The SMILES string of the molecule is c1ccc2c(-c3ccc(-c4c5ccccc5c(-c5ccc6c(c5)C5(c7ccc8ccccc8c7-6)C6CC7CC(C6)CC5C7)c5ccccc45)cc3)cccc2c1. The summed E-state index contributed by atoms with van der Waals surface area (Å²) in [6.45, 7) is 0. The smallest absolute Gasteiger partial charge is 0.0272 e. The highest BCUT2D eigenvalue weighted by Gasteiger charge is 2.61. The molecule has 14 rings (SSSR count). The standard InChI is InChI=1S/C56H42/c1-3-13-43-36(10-1)12-9-19-44(43)38-20-22-39(23-21-38)53-46-15-5-7-17-48(46)54(49-18-8-6-16-47(49)53)40-24-26-50-52(33-40)56(41-29-34-28-35(31-41)32-42(56)30-34)51-27-25-37-11-2-4-14-45(37)55(50)51/h1-27,33-35,41-42H,28-32H2. The van der Waals surface area contributed by atoms with Crippen LogP contribution in [-0.2, 0) is 5.41 Å². The Kier molecular flexibility index (Phi) is 6.43. The minimum absolute atomic E-state index is 0.107. The highest BCUT2D eigenvalue weighted by atomic mass is 14.6. The summed E-state index contributed by atoms with van der Waals surface area (Å²) in [5.74, 6) is 3.28. The average molecular weight is 715 g/mol. The fraction of sp³-hybridized carbons (Fsp3) is 0.179. The molecule has 0 nitrogen and oxygen atoms in total. The first-order chi connectivity index (χ1) is 27.7. The van der Waals surface area contributed by atoms with Crippen LogP contribution in [0.5, 0.6) is 0 Å². The maximum Gasteiger partial charge on any atom is 0.0272 e. The van der Waals surface area contributed by atoms with Crippen molar-refractivity contribution in [3.8, 4) is 44.5 Å². The Morgan fingerprint density at radius 1 is 0.321 bits per heavy atom. The van der Waals surface area contributed by atoms with E-state index in [0.717, 1.165) is 23.7 Å². The zero-order valence-corrected chi connectivity index (χ0v) is 31.5. The van der Waals surface area contributed by atoms with Gasteiger partial charge >= 0.3 is 0 Å². The molecule has 0 aliphatic heterocycles. The van der Waals surface area contributed by atoms with E-state index < -0.39 is 0 Å². The van der Waals surface area contributed by atoms with Crippen molar-refractivity contribution in [1.82, 2.24) is 0 Å². The van der Waals surface area contributed by atoms with Crippen LogP contribution in [0, 0.1) is 23.7 Å². The third kappa shape index (κ3) is 4.15. The Hall–Kier alpha value is -5.98. The van der Waals surface area contributed by atoms with Crippen molar-refractivity contribution in [2.24, 2.45) is 23.7 Å². The molecule has 0 heteroatoms. The summed E-state index contributed by atoms with van der Waals surface area (Å²) in [5, 5.41) is 10.7. The highest BCUT2D eigenvalue weighted by molar-refractivity contribution is 6.21. The van der Waals surface area contributed by atoms with E-state index in [4.69, 9.17) is 0 Å². The van der Waals surface area contributed by atoms with Crippen LogP contribution in [0.4, 0.5) is 0 Å². The van der Waals surface area contributed by atoms with E-state index in [1.54, 1.807) is 11.1 Å². The van der Waals surface area contributed by atoms with Gasteiger partial charge in [0.05, 0.1) is 0 Å². The van der Waals surface area contributed by atoms with Gasteiger partial charge in [-0.2, -0.15) is 0 Å². The number of hydrogen-bond acceptors (Lipinski definition) is 0. The molecule has 4 saturated carbocycles. The van der Waals surface area contributed by atoms with Gasteiger partial charge in [-0.25, -0.2) is 0 Å². The lowest BCUT2D eigenvalue weighted by Crippen LogP contribution is -2.55. The molecule has 0 heterocycles. The molecule has 0 aromatic heterocycles. The maximum atomic E-state index is 2.69. The van der Waals surface area contributed by atoms with Gasteiger partial charge in [0.2, 0.25) is 0 Å². The molecular formula is C56H42. The molecule has 0 radical (unpaired) electrons. The monoisotopic (exact) mass is 714 g/mol. The van der Waals surface area contributed by atoms with Crippen LogP contribution >= 0.6 is 0 Å². The molecule has 9 aromatic carbocycles. The van der Waals surface area contributed by atoms with Crippen molar-refractivity contribution in [2.45, 2.75) is 37.5 Å². The molecule has 0 amide bonds. The molecule has 266 valence electrons. The number of hydrogen-bond donors (Lipinski definition) is 0. The van der Waals surface area contributed by atoms with Crippen LogP contribution in [-0.4, -0.2) is 0 Å². The molecular weight excluding hydrogens is 673 g/mol. The largest absolute Gasteiger partial charge is 0.0616 e. The quantitative estimate of drug-likeness (QED) is 0.160. The van der Waals surface area contributed by atoms with Crippen LogP contribution in [0.3, 0.4) is 0 Å². The molecule has 0 N–H and O–H groups in total. The van der Waals surface area contributed by atoms with Gasteiger partial charge in [-0.15, -0.1) is 0 Å². The van der Waals surface area contributed by atoms with Gasteiger partial charge < -0.3 is 0 Å². The molecule has 0 unspecified atom stereocenters. The molecule has 0 saturated heterocycles. The molecule has 5 aliphatic carbocycles. The van der Waals surface area contributed by atoms with Gasteiger partial charge in [-0.3, -0.25) is 0 Å². The predicted octanol–water partition coefficient (Wildman–Crippen LogP) is 15.0. The van der Waals surface area contributed by atoms with E-state index in [2.05, 4.69) is 170 Å². The van der Waals surface area contributed by atoms with E-state index in [1.807, 2.05) is 0 Å². The Morgan fingerprint density at radius 2 is 0.821 bits per heavy atom. The van der Waals surface area contributed by atoms with E-state index in [0.29, 0.717) is 0 Å². The van der Waals surface area contributed by atoms with Crippen LogP contribution in [0.25, 0.3) is 87.6 Å². The van der Waals surface area contributed by atoms with Gasteiger partial charge in [0.15, 0.2) is 0 Å². The van der Waals surface area contributed by atoms with E-state index in [1.165, 1.54) is 120 Å². The first kappa shape index (κ1) is 31.2. The van der Waals surface area contributed by atoms with Gasteiger partial charge in [0.1, 0.15) is 0 Å². The highest BCUT2D eigenvalue weighted by Crippen LogP contribution is 2.70. The second-order valence-electron chi connectivity index (χ2n) is 17.6. The fourth-order valence-electron chi connectivity index (χ4n) is 13.2. The van der Waals surface area contributed by atoms with Crippen LogP contribution in [0.2, 0.25) is 0 Å². The Balaban J connectivity index is 1.03. The maximum absolute atomic E-state index is 2.69. The Bertz CT molecular complexity index is 3000. The molecule has 9 aromatic rings. The summed E-state index contributed by atoms with van der Waals surface area (Å²) in [4.78, 5) is 0. The molecule has 56 heavy (non-hydrogen) atoms. The average Bonchev–Trinajstić information content (AvgIpc) is 3.54. The van der Waals surface area contributed by atoms with Crippen molar-refractivity contribution in [2.75, 3.05) is 0 Å². The number of fused-ring (bicyclic) bond motifs is 8. The summed E-state index contributed by atoms with van der Waals surface area (Å²) in [6.07, 6.45) is 7.04. The van der Waals surface area contributed by atoms with Gasteiger partial charge in [-0.1, -0.05) is 164 Å². The Labute approximate surface area is 328 Å². The molecule has 5 aliphatic rings. The minimum Gasteiger partial charge on any atom is -0.0616 e. The summed E-state index contributed by atoms with van der Waals surface area (Å²) in [5.41, 5.74) is 14.2. The topological polar surface area (TPSA) is 0 Å². The van der Waals surface area contributed by atoms with E-state index in [-0.39, 0.29) is 5.41 Å². The van der Waals surface area contributed by atoms with Crippen LogP contribution in [0.1, 0.15) is 43.2 Å². The van der Waals surface area contributed by atoms with Crippen molar-refractivity contribution in [1.29, 1.82) is 0 Å². The lowest BCUT2D eigenvalue weighted by atomic mass is 9.43. The van der Waals surface area contributed by atoms with Crippen LogP contribution < -0.4 is 0 Å². The summed E-state index contributed by atoms with van der Waals surface area (Å²) in [7, 11) is 0. The van der Waals surface area contributed by atoms with E-state index in [9.17, 15) is 0 Å². The van der Waals surface area contributed by atoms with Crippen molar-refractivity contribution < 1.29 is 0 Å². The third-order valence-electron chi connectivity index (χ3n) is 15.0. The predicted molar refractivity (Wildman–Crippen MR) is 236 cm³/mol. The third-order valence-corrected chi connectivity index (χ3v) is 15.0. The first-order valence-electron chi connectivity index (χ1n) is 20.9. The number of benzene rings is 9. The first-order valence-corrected chi connectivity index (χ1v) is 20.9. The second kappa shape index (κ2) is 11.5. The Morgan fingerprint density at radius 3 is 1.46 bits per heavy atom. The fourth-order valence-corrected chi connectivity index (χ4v) is 13.2. The summed E-state index contributed by atoms with van der Waals surface area (Å²) >= 11 is 0. The van der Waals surface area contributed by atoms with Gasteiger partial charge in [-0.05, 0) is 161 Å². The normalized spacial score (nSPS) is 23.1. The van der Waals surface area contributed by atoms with Crippen molar-refractivity contribution in [3.05, 3.63) is 181 Å². The molecule has 4 bridgehead atoms. The lowest BCUT2D eigenvalue weighted by molar-refractivity contribution is -0.0399. The molecule has 1 spiro atoms. The van der Waals surface area contributed by atoms with Gasteiger partial charge in [0.25, 0.3) is 0 Å². The number of rotatable bonds is 3. The zero-order valence-electron chi connectivity index (χ0n) is 31.5. The van der Waals surface area contributed by atoms with Crippen molar-refractivity contribution >= 4 is 43.1 Å². The summed E-state index contributed by atoms with van der Waals surface area (Å²) in [6, 6.07) is 64.9. The summed E-state index contributed by atoms with van der Waals surface area (Å²) < 4.78 is 0. The van der Waals surface area contributed by atoms with Crippen LogP contribution in [0.15, 0.2) is 170 Å². The van der Waals surface area contributed by atoms with Gasteiger partial charge in [0, 0.05) is 5.41 Å². The molecule has 4 fully saturated rings. The van der Waals surface area contributed by atoms with E-state index >= 15 is 0 Å². The molecule has 0 atom stereocenters. The zero-order chi connectivity index (χ0) is 36.5. The minimum atomic E-state index is 0.107. The second-order valence-corrected chi connectivity index (χ2v) is 17.6. The lowest BCUT2D eigenvalue weighted by Gasteiger charge is -2.61.